The molecule has 1 N–H and O–H groups in total. The minimum absolute atomic E-state index is 0.0538. The van der Waals surface area contributed by atoms with E-state index in [1.807, 2.05) is 30.3 Å². The van der Waals surface area contributed by atoms with Crippen LogP contribution in [0.2, 0.25) is 0 Å². The van der Waals surface area contributed by atoms with Gasteiger partial charge in [-0.05, 0) is 24.6 Å². The minimum Gasteiger partial charge on any atom is -0.504 e. The Labute approximate surface area is 181 Å². The number of aromatic hydroxyl groups is 1. The first-order chi connectivity index (χ1) is 15.0. The Morgan fingerprint density at radius 2 is 1.90 bits per heavy atom. The van der Waals surface area contributed by atoms with Crippen molar-refractivity contribution in [3.05, 3.63) is 90.6 Å². The zero-order chi connectivity index (χ0) is 22.1. The number of hydrogen-bond acceptors (Lipinski definition) is 7. The number of carbonyl (C=O) groups is 1. The molecule has 0 amide bonds. The van der Waals surface area contributed by atoms with Crippen LogP contribution in [-0.2, 0) is 9.53 Å². The molecule has 158 valence electrons. The van der Waals surface area contributed by atoms with Crippen molar-refractivity contribution in [2.24, 2.45) is 4.99 Å². The number of allylic oxidation sites excluding steroid dienone is 1. The van der Waals surface area contributed by atoms with Crippen LogP contribution in [0.25, 0.3) is 6.08 Å². The van der Waals surface area contributed by atoms with Crippen molar-refractivity contribution in [3.63, 3.8) is 0 Å². The Hall–Kier alpha value is -3.65. The maximum absolute atomic E-state index is 13.4. The molecule has 0 unspecified atom stereocenters. The maximum atomic E-state index is 13.4. The molecule has 2 heterocycles. The van der Waals surface area contributed by atoms with Crippen molar-refractivity contribution < 1.29 is 19.4 Å². The van der Waals surface area contributed by atoms with E-state index in [4.69, 9.17) is 9.47 Å². The van der Waals surface area contributed by atoms with Gasteiger partial charge in [0.05, 0.1) is 36.1 Å². The van der Waals surface area contributed by atoms with Crippen LogP contribution in [0.1, 0.15) is 24.1 Å². The minimum atomic E-state index is -0.661. The lowest BCUT2D eigenvalue weighted by Gasteiger charge is -2.24. The third-order valence-corrected chi connectivity index (χ3v) is 6.06. The molecule has 0 radical (unpaired) electrons. The second kappa shape index (κ2) is 8.23. The number of aromatic nitrogens is 1. The largest absolute Gasteiger partial charge is 0.504 e. The molecular weight excluding hydrogens is 416 g/mol. The van der Waals surface area contributed by atoms with Gasteiger partial charge in [-0.1, -0.05) is 53.8 Å². The van der Waals surface area contributed by atoms with Gasteiger partial charge in [-0.15, -0.1) is 0 Å². The molecule has 7 nitrogen and oxygen atoms in total. The van der Waals surface area contributed by atoms with Crippen molar-refractivity contribution in [3.8, 4) is 11.5 Å². The fourth-order valence-corrected chi connectivity index (χ4v) is 4.64. The van der Waals surface area contributed by atoms with Gasteiger partial charge in [0.15, 0.2) is 16.3 Å². The quantitative estimate of drug-likeness (QED) is 0.633. The number of benzene rings is 2. The monoisotopic (exact) mass is 436 g/mol. The van der Waals surface area contributed by atoms with E-state index in [0.717, 1.165) is 5.56 Å². The predicted molar refractivity (Wildman–Crippen MR) is 117 cm³/mol. The van der Waals surface area contributed by atoms with Crippen LogP contribution in [0, 0.1) is 0 Å². The third kappa shape index (κ3) is 3.55. The second-order valence-corrected chi connectivity index (χ2v) is 7.89. The molecule has 0 bridgehead atoms. The average Bonchev–Trinajstić information content (AvgIpc) is 3.09. The lowest BCUT2D eigenvalue weighted by molar-refractivity contribution is -0.136. The summed E-state index contributed by atoms with van der Waals surface area (Å²) in [6.07, 6.45) is 1.60. The van der Waals surface area contributed by atoms with Crippen LogP contribution >= 0.6 is 11.3 Å². The smallest absolute Gasteiger partial charge is 0.338 e. The number of rotatable bonds is 4. The number of fused-ring (bicyclic) bond motifs is 1. The number of phenolic OH excluding ortho intramolecular Hbond substituents is 1. The molecule has 0 saturated heterocycles. The summed E-state index contributed by atoms with van der Waals surface area (Å²) < 4.78 is 12.0. The van der Waals surface area contributed by atoms with E-state index in [-0.39, 0.29) is 11.3 Å². The zero-order valence-corrected chi connectivity index (χ0v) is 18.0. The van der Waals surface area contributed by atoms with Crippen LogP contribution < -0.4 is 19.6 Å². The van der Waals surface area contributed by atoms with E-state index >= 15 is 0 Å². The summed E-state index contributed by atoms with van der Waals surface area (Å²) >= 11 is 1.19. The third-order valence-electron chi connectivity index (χ3n) is 5.08. The van der Waals surface area contributed by atoms with Gasteiger partial charge in [0.1, 0.15) is 0 Å². The number of para-hydroxylation sites is 1. The van der Waals surface area contributed by atoms with Gasteiger partial charge in [0.2, 0.25) is 0 Å². The fourth-order valence-electron chi connectivity index (χ4n) is 3.61. The standard InChI is InChI=1S/C23H20N2O5S/c1-13-18(22(28)30-3)19(14-8-5-4-6-9-14)25-21(27)17(31-23(25)24-13)12-15-10-7-11-16(29-2)20(15)26/h4-12,19,26H,1-3H3/b17-12-/t19-/m1/s1. The molecule has 1 atom stereocenters. The summed E-state index contributed by atoms with van der Waals surface area (Å²) in [5.74, 6) is -0.274. The summed E-state index contributed by atoms with van der Waals surface area (Å²) in [5, 5.41) is 10.4. The highest BCUT2D eigenvalue weighted by Gasteiger charge is 2.32. The average molecular weight is 436 g/mol. The topological polar surface area (TPSA) is 90.1 Å². The Kier molecular flexibility index (Phi) is 5.48. The fraction of sp³-hybridized carbons (Fsp3) is 0.174. The number of nitrogens with zero attached hydrogens (tertiary/aromatic N) is 2. The number of phenols is 1. The Morgan fingerprint density at radius 1 is 1.16 bits per heavy atom. The van der Waals surface area contributed by atoms with Crippen molar-refractivity contribution in [2.75, 3.05) is 14.2 Å². The van der Waals surface area contributed by atoms with Crippen molar-refractivity contribution in [1.82, 2.24) is 4.57 Å². The number of hydrogen-bond donors (Lipinski definition) is 1. The van der Waals surface area contributed by atoms with Gasteiger partial charge < -0.3 is 14.6 Å². The molecule has 0 fully saturated rings. The van der Waals surface area contributed by atoms with Gasteiger partial charge in [-0.25, -0.2) is 9.79 Å². The first-order valence-corrected chi connectivity index (χ1v) is 10.3. The summed E-state index contributed by atoms with van der Waals surface area (Å²) in [6.45, 7) is 1.73. The second-order valence-electron chi connectivity index (χ2n) is 6.88. The van der Waals surface area contributed by atoms with Crippen LogP contribution in [0.3, 0.4) is 0 Å². The van der Waals surface area contributed by atoms with Crippen LogP contribution in [0.15, 0.2) is 69.6 Å². The molecule has 2 aromatic carbocycles. The van der Waals surface area contributed by atoms with Gasteiger partial charge >= 0.3 is 5.97 Å². The Balaban J connectivity index is 1.98. The number of carbonyl (C=O) groups excluding carboxylic acids is 1. The highest BCUT2D eigenvalue weighted by atomic mass is 32.1. The number of esters is 1. The summed E-state index contributed by atoms with van der Waals surface area (Å²) in [6, 6.07) is 13.7. The Morgan fingerprint density at radius 3 is 2.58 bits per heavy atom. The van der Waals surface area contributed by atoms with Crippen LogP contribution in [0.5, 0.6) is 11.5 Å². The van der Waals surface area contributed by atoms with Gasteiger partial charge in [0, 0.05) is 5.56 Å². The Bertz CT molecular complexity index is 1370. The lowest BCUT2D eigenvalue weighted by Crippen LogP contribution is -2.39. The molecule has 1 aromatic heterocycles. The summed E-state index contributed by atoms with van der Waals surface area (Å²) in [7, 11) is 2.77. The number of ether oxygens (including phenoxy) is 2. The first kappa shape index (κ1) is 20.6. The van der Waals surface area contributed by atoms with Crippen molar-refractivity contribution >= 4 is 23.4 Å². The highest BCUT2D eigenvalue weighted by molar-refractivity contribution is 7.07. The first-order valence-electron chi connectivity index (χ1n) is 9.48. The molecule has 1 aliphatic rings. The summed E-state index contributed by atoms with van der Waals surface area (Å²) in [4.78, 5) is 31.0. The van der Waals surface area contributed by atoms with Crippen molar-refractivity contribution in [1.29, 1.82) is 0 Å². The van der Waals surface area contributed by atoms with Crippen LogP contribution in [-0.4, -0.2) is 29.9 Å². The van der Waals surface area contributed by atoms with E-state index in [0.29, 0.717) is 31.9 Å². The van der Waals surface area contributed by atoms with E-state index < -0.39 is 12.0 Å². The summed E-state index contributed by atoms with van der Waals surface area (Å²) in [5.41, 5.74) is 1.72. The zero-order valence-electron chi connectivity index (χ0n) is 17.2. The van der Waals surface area contributed by atoms with E-state index in [1.165, 1.54) is 30.1 Å². The predicted octanol–water partition coefficient (Wildman–Crippen LogP) is 2.12. The molecule has 3 aromatic rings. The number of thiazole rings is 1. The number of methoxy groups -OCH3 is 2. The van der Waals surface area contributed by atoms with Crippen LogP contribution in [0.4, 0.5) is 0 Å². The maximum Gasteiger partial charge on any atom is 0.338 e. The van der Waals surface area contributed by atoms with E-state index in [2.05, 4.69) is 4.99 Å². The molecule has 31 heavy (non-hydrogen) atoms. The molecule has 4 rings (SSSR count). The van der Waals surface area contributed by atoms with E-state index in [9.17, 15) is 14.7 Å². The molecule has 0 saturated carbocycles. The highest BCUT2D eigenvalue weighted by Crippen LogP contribution is 2.31. The molecule has 0 aliphatic carbocycles. The van der Waals surface area contributed by atoms with Gasteiger partial charge in [0.25, 0.3) is 5.56 Å². The lowest BCUT2D eigenvalue weighted by atomic mass is 9.96. The molecular formula is C23H20N2O5S. The van der Waals surface area contributed by atoms with Gasteiger partial charge in [-0.3, -0.25) is 9.36 Å². The molecule has 1 aliphatic heterocycles. The molecule has 0 spiro atoms. The van der Waals surface area contributed by atoms with Crippen molar-refractivity contribution in [2.45, 2.75) is 13.0 Å². The molecule has 8 heteroatoms. The SMILES string of the molecule is COC(=O)C1=C(C)N=c2s/c(=C\c3cccc(OC)c3O)c(=O)n2[C@@H]1c1ccccc1. The van der Waals surface area contributed by atoms with Gasteiger partial charge in [-0.2, -0.15) is 0 Å². The van der Waals surface area contributed by atoms with E-state index in [1.54, 1.807) is 31.2 Å². The normalized spacial score (nSPS) is 16.0.